The van der Waals surface area contributed by atoms with Crippen LogP contribution in [0, 0.1) is 10.7 Å². The highest BCUT2D eigenvalue weighted by atomic mass is 32.1. The molecule has 1 aliphatic rings. The molecule has 0 spiro atoms. The number of carbonyl (C=O) groups excluding carboxylic acids is 2. The van der Waals surface area contributed by atoms with Gasteiger partial charge in [-0.2, -0.15) is 5.10 Å². The molecule has 1 atom stereocenters. The van der Waals surface area contributed by atoms with Gasteiger partial charge in [0.1, 0.15) is 11.8 Å². The summed E-state index contributed by atoms with van der Waals surface area (Å²) in [5.74, 6) is 0.723. The molecule has 1 aliphatic carbocycles. The average molecular weight is 404 g/mol. The summed E-state index contributed by atoms with van der Waals surface area (Å²) < 4.78 is 7.62. The number of ether oxygens (including phenoxy) is 1. The maximum absolute atomic E-state index is 12.7. The maximum atomic E-state index is 12.7. The zero-order chi connectivity index (χ0) is 20.3. The zero-order valence-electron chi connectivity index (χ0n) is 16.2. The van der Waals surface area contributed by atoms with Gasteiger partial charge in [-0.1, -0.05) is 13.8 Å². The van der Waals surface area contributed by atoms with Crippen molar-refractivity contribution in [2.24, 2.45) is 5.92 Å². The molecular formula is C19H25N5O3S. The fourth-order valence-electron chi connectivity index (χ4n) is 2.95. The smallest absolute Gasteiger partial charge is 0.251 e. The summed E-state index contributed by atoms with van der Waals surface area (Å²) in [6.07, 6.45) is 2.14. The molecular weight excluding hydrogens is 378 g/mol. The van der Waals surface area contributed by atoms with E-state index in [1.54, 1.807) is 31.4 Å². The molecule has 0 bridgehead atoms. The SMILES string of the molecule is COc1ccc(C(=O)NC(C(=O)NCc2n[nH]c(=S)n2C2CC2)C(C)C)cc1. The molecule has 1 fully saturated rings. The number of hydrogen-bond acceptors (Lipinski definition) is 5. The van der Waals surface area contributed by atoms with Crippen LogP contribution in [0.4, 0.5) is 0 Å². The molecule has 0 radical (unpaired) electrons. The summed E-state index contributed by atoms with van der Waals surface area (Å²) in [5.41, 5.74) is 0.467. The van der Waals surface area contributed by atoms with Gasteiger partial charge in [-0.3, -0.25) is 19.3 Å². The number of hydrogen-bond donors (Lipinski definition) is 3. The second-order valence-electron chi connectivity index (χ2n) is 7.19. The van der Waals surface area contributed by atoms with E-state index in [0.717, 1.165) is 12.8 Å². The van der Waals surface area contributed by atoms with Crippen LogP contribution in [-0.4, -0.2) is 39.7 Å². The molecule has 1 aromatic carbocycles. The Morgan fingerprint density at radius 2 is 2.00 bits per heavy atom. The summed E-state index contributed by atoms with van der Waals surface area (Å²) in [5, 5.41) is 12.7. The van der Waals surface area contributed by atoms with E-state index < -0.39 is 6.04 Å². The van der Waals surface area contributed by atoms with Crippen LogP contribution in [0.3, 0.4) is 0 Å². The Morgan fingerprint density at radius 3 is 2.57 bits per heavy atom. The number of nitrogens with zero attached hydrogens (tertiary/aromatic N) is 2. The normalized spacial score (nSPS) is 14.6. The Bertz CT molecular complexity index is 899. The molecule has 0 saturated heterocycles. The van der Waals surface area contributed by atoms with Crippen molar-refractivity contribution in [3.8, 4) is 5.75 Å². The number of H-pyrrole nitrogens is 1. The molecule has 28 heavy (non-hydrogen) atoms. The second-order valence-corrected chi connectivity index (χ2v) is 7.57. The van der Waals surface area contributed by atoms with Crippen molar-refractivity contribution in [3.05, 3.63) is 40.4 Å². The lowest BCUT2D eigenvalue weighted by Gasteiger charge is -2.21. The summed E-state index contributed by atoms with van der Waals surface area (Å²) >= 11 is 5.26. The highest BCUT2D eigenvalue weighted by Crippen LogP contribution is 2.35. The van der Waals surface area contributed by atoms with Crippen LogP contribution in [0.2, 0.25) is 0 Å². The number of carbonyl (C=O) groups is 2. The molecule has 1 heterocycles. The number of aromatic amines is 1. The number of rotatable bonds is 8. The minimum atomic E-state index is -0.661. The monoisotopic (exact) mass is 403 g/mol. The van der Waals surface area contributed by atoms with Gasteiger partial charge in [0.2, 0.25) is 5.91 Å². The molecule has 2 aromatic rings. The largest absolute Gasteiger partial charge is 0.497 e. The second kappa shape index (κ2) is 8.55. The highest BCUT2D eigenvalue weighted by molar-refractivity contribution is 7.71. The average Bonchev–Trinajstić information content (AvgIpc) is 3.46. The highest BCUT2D eigenvalue weighted by Gasteiger charge is 2.28. The van der Waals surface area contributed by atoms with E-state index in [9.17, 15) is 9.59 Å². The molecule has 2 amide bonds. The van der Waals surface area contributed by atoms with Crippen molar-refractivity contribution < 1.29 is 14.3 Å². The Morgan fingerprint density at radius 1 is 1.32 bits per heavy atom. The van der Waals surface area contributed by atoms with Crippen molar-refractivity contribution in [3.63, 3.8) is 0 Å². The van der Waals surface area contributed by atoms with Gasteiger partial charge in [0.15, 0.2) is 10.6 Å². The maximum Gasteiger partial charge on any atom is 0.251 e. The van der Waals surface area contributed by atoms with Crippen LogP contribution in [0.5, 0.6) is 5.75 Å². The van der Waals surface area contributed by atoms with Crippen LogP contribution in [0.1, 0.15) is 48.9 Å². The van der Waals surface area contributed by atoms with Gasteiger partial charge in [0.25, 0.3) is 5.91 Å². The van der Waals surface area contributed by atoms with Crippen LogP contribution < -0.4 is 15.4 Å². The van der Waals surface area contributed by atoms with Gasteiger partial charge >= 0.3 is 0 Å². The first-order chi connectivity index (χ1) is 13.4. The third-order valence-electron chi connectivity index (χ3n) is 4.70. The molecule has 1 unspecified atom stereocenters. The predicted octanol–water partition coefficient (Wildman–Crippen LogP) is 2.35. The first kappa shape index (κ1) is 20.1. The third-order valence-corrected chi connectivity index (χ3v) is 4.99. The lowest BCUT2D eigenvalue weighted by atomic mass is 10.0. The van der Waals surface area contributed by atoms with Gasteiger partial charge < -0.3 is 15.4 Å². The molecule has 1 saturated carbocycles. The van der Waals surface area contributed by atoms with E-state index in [2.05, 4.69) is 20.8 Å². The summed E-state index contributed by atoms with van der Waals surface area (Å²) in [6.45, 7) is 4.03. The zero-order valence-corrected chi connectivity index (χ0v) is 17.0. The Hall–Kier alpha value is -2.68. The lowest BCUT2D eigenvalue weighted by molar-refractivity contribution is -0.124. The number of benzene rings is 1. The summed E-state index contributed by atoms with van der Waals surface area (Å²) in [6, 6.07) is 6.45. The van der Waals surface area contributed by atoms with E-state index >= 15 is 0 Å². The van der Waals surface area contributed by atoms with Crippen LogP contribution in [-0.2, 0) is 11.3 Å². The third kappa shape index (κ3) is 4.59. The number of amides is 2. The van der Waals surface area contributed by atoms with E-state index in [4.69, 9.17) is 17.0 Å². The van der Waals surface area contributed by atoms with Gasteiger partial charge in [0, 0.05) is 11.6 Å². The topological polar surface area (TPSA) is 101 Å². The van der Waals surface area contributed by atoms with Crippen molar-refractivity contribution in [2.45, 2.75) is 45.3 Å². The van der Waals surface area contributed by atoms with E-state index in [1.165, 1.54) is 0 Å². The molecule has 1 aromatic heterocycles. The van der Waals surface area contributed by atoms with E-state index in [1.807, 2.05) is 18.4 Å². The lowest BCUT2D eigenvalue weighted by Crippen LogP contribution is -2.49. The van der Waals surface area contributed by atoms with Crippen LogP contribution in [0.15, 0.2) is 24.3 Å². The van der Waals surface area contributed by atoms with Gasteiger partial charge in [-0.25, -0.2) is 0 Å². The van der Waals surface area contributed by atoms with Crippen molar-refractivity contribution in [2.75, 3.05) is 7.11 Å². The van der Waals surface area contributed by atoms with Crippen molar-refractivity contribution >= 4 is 24.0 Å². The van der Waals surface area contributed by atoms with Crippen molar-refractivity contribution in [1.82, 2.24) is 25.4 Å². The Kier molecular flexibility index (Phi) is 6.13. The van der Waals surface area contributed by atoms with Gasteiger partial charge in [-0.05, 0) is 55.2 Å². The van der Waals surface area contributed by atoms with Crippen molar-refractivity contribution in [1.29, 1.82) is 0 Å². The summed E-state index contributed by atoms with van der Waals surface area (Å²) in [7, 11) is 1.56. The van der Waals surface area contributed by atoms with E-state index in [-0.39, 0.29) is 24.3 Å². The minimum Gasteiger partial charge on any atom is -0.497 e. The summed E-state index contributed by atoms with van der Waals surface area (Å²) in [4.78, 5) is 25.2. The molecule has 0 aliphatic heterocycles. The van der Waals surface area contributed by atoms with Crippen LogP contribution >= 0.6 is 12.2 Å². The Balaban J connectivity index is 1.63. The fourth-order valence-corrected chi connectivity index (χ4v) is 3.25. The van der Waals surface area contributed by atoms with Crippen LogP contribution in [0.25, 0.3) is 0 Å². The molecule has 9 heteroatoms. The first-order valence-electron chi connectivity index (χ1n) is 9.29. The van der Waals surface area contributed by atoms with Gasteiger partial charge in [-0.15, -0.1) is 0 Å². The standard InChI is InChI=1S/C19H25N5O3S/c1-11(2)16(21-17(25)12-4-8-14(27-3)9-5-12)18(26)20-10-15-22-23-19(28)24(15)13-6-7-13/h4-5,8-9,11,13,16H,6-7,10H2,1-3H3,(H,20,26)(H,21,25)(H,23,28). The molecule has 150 valence electrons. The number of aromatic nitrogens is 3. The quantitative estimate of drug-likeness (QED) is 0.588. The molecule has 3 N–H and O–H groups in total. The van der Waals surface area contributed by atoms with Gasteiger partial charge in [0.05, 0.1) is 13.7 Å². The fraction of sp³-hybridized carbons (Fsp3) is 0.474. The molecule has 8 nitrogen and oxygen atoms in total. The predicted molar refractivity (Wildman–Crippen MR) is 107 cm³/mol. The number of methoxy groups -OCH3 is 1. The Labute approximate surface area is 168 Å². The van der Waals surface area contributed by atoms with E-state index in [0.29, 0.717) is 28.0 Å². The minimum absolute atomic E-state index is 0.0774. The number of nitrogens with one attached hydrogen (secondary N) is 3. The first-order valence-corrected chi connectivity index (χ1v) is 9.70. The molecule has 3 rings (SSSR count).